The van der Waals surface area contributed by atoms with E-state index in [1.54, 1.807) is 12.1 Å². The largest absolute Gasteiger partial charge is 0.481 e. The lowest BCUT2D eigenvalue weighted by Gasteiger charge is -2.22. The molecule has 0 fully saturated rings. The van der Waals surface area contributed by atoms with Crippen molar-refractivity contribution in [1.29, 1.82) is 0 Å². The van der Waals surface area contributed by atoms with Crippen molar-refractivity contribution in [2.24, 2.45) is 18.5 Å². The van der Waals surface area contributed by atoms with Crippen LogP contribution in [0.5, 0.6) is 0 Å². The number of carbonyl (C=O) groups is 2. The quantitative estimate of drug-likeness (QED) is 0.212. The molecule has 0 aliphatic rings. The van der Waals surface area contributed by atoms with Gasteiger partial charge in [0.25, 0.3) is 0 Å². The zero-order chi connectivity index (χ0) is 29.8. The normalized spacial score (nSPS) is 10.7. The minimum Gasteiger partial charge on any atom is -0.481 e. The Balaban J connectivity index is 0.000000714. The Bertz CT molecular complexity index is 1090. The van der Waals surface area contributed by atoms with E-state index in [2.05, 4.69) is 40.4 Å². The fourth-order valence-electron chi connectivity index (χ4n) is 3.49. The molecule has 2 aromatic carbocycles. The van der Waals surface area contributed by atoms with Crippen LogP contribution in [0.2, 0.25) is 0 Å². The highest BCUT2D eigenvalue weighted by Crippen LogP contribution is 2.23. The van der Waals surface area contributed by atoms with Gasteiger partial charge >= 0.3 is 5.97 Å². The number of fused-ring (bicyclic) bond motifs is 1. The third-order valence-electron chi connectivity index (χ3n) is 5.40. The summed E-state index contributed by atoms with van der Waals surface area (Å²) >= 11 is 11.8. The number of anilines is 1. The SMILES string of the molecule is CC.CC(N)CCc1nc2cc(N(CCCl)CCCl)ccc2n1C.NC=O.O=C(O)CCc1ccc(F)cc1. The lowest BCUT2D eigenvalue weighted by Crippen LogP contribution is -2.27. The Morgan fingerprint density at radius 3 is 2.18 bits per heavy atom. The van der Waals surface area contributed by atoms with Crippen LogP contribution < -0.4 is 16.4 Å². The van der Waals surface area contributed by atoms with Gasteiger partial charge in [0.15, 0.2) is 0 Å². The average Bonchev–Trinajstić information content (AvgIpc) is 3.23. The molecule has 1 heterocycles. The maximum absolute atomic E-state index is 12.4. The molecule has 0 radical (unpaired) electrons. The fraction of sp³-hybridized carbons (Fsp3) is 0.464. The number of hydrogen-bond acceptors (Lipinski definition) is 5. The molecule has 0 saturated heterocycles. The number of benzene rings is 2. The molecule has 0 saturated carbocycles. The number of aryl methyl sites for hydroxylation is 3. The number of aliphatic carboxylic acids is 1. The van der Waals surface area contributed by atoms with Gasteiger partial charge in [-0.2, -0.15) is 0 Å². The van der Waals surface area contributed by atoms with Gasteiger partial charge in [-0.15, -0.1) is 23.2 Å². The van der Waals surface area contributed by atoms with Gasteiger partial charge < -0.3 is 26.0 Å². The Hall–Kier alpha value is -2.88. The Kier molecular flexibility index (Phi) is 19.5. The van der Waals surface area contributed by atoms with Crippen LogP contribution in [0.3, 0.4) is 0 Å². The molecule has 1 amide bonds. The van der Waals surface area contributed by atoms with Crippen LogP contribution in [-0.2, 0) is 29.5 Å². The third kappa shape index (κ3) is 14.2. The van der Waals surface area contributed by atoms with E-state index in [1.807, 2.05) is 20.8 Å². The maximum atomic E-state index is 12.4. The molecule has 0 spiro atoms. The molecule has 3 rings (SSSR count). The van der Waals surface area contributed by atoms with Crippen LogP contribution in [0, 0.1) is 5.82 Å². The second-order valence-corrected chi connectivity index (χ2v) is 9.05. The van der Waals surface area contributed by atoms with Gasteiger partial charge in [0.1, 0.15) is 11.6 Å². The van der Waals surface area contributed by atoms with Gasteiger partial charge in [0.2, 0.25) is 6.41 Å². The first-order valence-corrected chi connectivity index (χ1v) is 13.9. The number of nitrogens with zero attached hydrogens (tertiary/aromatic N) is 3. The smallest absolute Gasteiger partial charge is 0.303 e. The van der Waals surface area contributed by atoms with Crippen molar-refractivity contribution in [3.63, 3.8) is 0 Å². The molecule has 11 heteroatoms. The first-order chi connectivity index (χ1) is 18.7. The van der Waals surface area contributed by atoms with Crippen LogP contribution in [-0.4, -0.2) is 57.9 Å². The summed E-state index contributed by atoms with van der Waals surface area (Å²) in [5.74, 6) is 1.10. The summed E-state index contributed by atoms with van der Waals surface area (Å²) in [6.45, 7) is 7.59. The monoisotopic (exact) mass is 585 g/mol. The van der Waals surface area contributed by atoms with Crippen molar-refractivity contribution in [1.82, 2.24) is 9.55 Å². The van der Waals surface area contributed by atoms with Crippen LogP contribution in [0.25, 0.3) is 11.0 Å². The molecule has 5 N–H and O–H groups in total. The number of halogens is 3. The van der Waals surface area contributed by atoms with Gasteiger partial charge in [-0.1, -0.05) is 26.0 Å². The van der Waals surface area contributed by atoms with Crippen molar-refractivity contribution in [2.45, 2.75) is 52.5 Å². The maximum Gasteiger partial charge on any atom is 0.303 e. The predicted octanol–water partition coefficient (Wildman–Crippen LogP) is 5.11. The number of primary amides is 1. The van der Waals surface area contributed by atoms with Crippen molar-refractivity contribution < 1.29 is 19.1 Å². The van der Waals surface area contributed by atoms with Crippen molar-refractivity contribution in [3.8, 4) is 0 Å². The lowest BCUT2D eigenvalue weighted by molar-refractivity contribution is -0.137. The minimum absolute atomic E-state index is 0.0889. The number of rotatable bonds is 11. The van der Waals surface area contributed by atoms with Gasteiger partial charge in [-0.05, 0) is 55.7 Å². The minimum atomic E-state index is -0.834. The van der Waals surface area contributed by atoms with Crippen LogP contribution in [0.4, 0.5) is 10.1 Å². The molecular formula is C28H42Cl2FN5O3. The molecule has 1 aromatic heterocycles. The first kappa shape index (κ1) is 36.1. The summed E-state index contributed by atoms with van der Waals surface area (Å²) in [6, 6.07) is 12.4. The number of carbonyl (C=O) groups excluding carboxylic acids is 1. The Morgan fingerprint density at radius 2 is 1.69 bits per heavy atom. The third-order valence-corrected chi connectivity index (χ3v) is 5.73. The molecule has 39 heavy (non-hydrogen) atoms. The van der Waals surface area contributed by atoms with Crippen molar-refractivity contribution in [2.75, 3.05) is 29.7 Å². The molecule has 3 aromatic rings. The molecule has 218 valence electrons. The summed E-state index contributed by atoms with van der Waals surface area (Å²) in [4.78, 5) is 25.7. The lowest BCUT2D eigenvalue weighted by atomic mass is 10.1. The summed E-state index contributed by atoms with van der Waals surface area (Å²) in [5, 5.41) is 8.36. The number of alkyl halides is 2. The first-order valence-electron chi connectivity index (χ1n) is 12.9. The van der Waals surface area contributed by atoms with Gasteiger partial charge in [0.05, 0.1) is 11.0 Å². The zero-order valence-corrected chi connectivity index (χ0v) is 24.8. The molecular weight excluding hydrogens is 544 g/mol. The van der Waals surface area contributed by atoms with E-state index in [0.29, 0.717) is 18.2 Å². The predicted molar refractivity (Wildman–Crippen MR) is 160 cm³/mol. The Labute approximate surface area is 241 Å². The average molecular weight is 587 g/mol. The number of carboxylic acids is 1. The summed E-state index contributed by atoms with van der Waals surface area (Å²) < 4.78 is 14.5. The van der Waals surface area contributed by atoms with Crippen LogP contribution >= 0.6 is 23.2 Å². The molecule has 1 unspecified atom stereocenters. The van der Waals surface area contributed by atoms with Crippen molar-refractivity contribution in [3.05, 3.63) is 59.7 Å². The van der Waals surface area contributed by atoms with Crippen LogP contribution in [0.1, 0.15) is 45.0 Å². The van der Waals surface area contributed by atoms with Crippen LogP contribution in [0.15, 0.2) is 42.5 Å². The number of amides is 1. The molecule has 0 aliphatic heterocycles. The second-order valence-electron chi connectivity index (χ2n) is 8.30. The van der Waals surface area contributed by atoms with Gasteiger partial charge in [0, 0.05) is 56.5 Å². The van der Waals surface area contributed by atoms with Crippen molar-refractivity contribution >= 4 is 52.3 Å². The van der Waals surface area contributed by atoms with E-state index in [4.69, 9.17) is 43.8 Å². The highest BCUT2D eigenvalue weighted by atomic mass is 35.5. The van der Waals surface area contributed by atoms with Gasteiger partial charge in [-0.25, -0.2) is 9.37 Å². The number of carboxylic acid groups (broad SMARTS) is 1. The number of aromatic nitrogens is 2. The molecule has 1 atom stereocenters. The second kappa shape index (κ2) is 21.0. The fourth-order valence-corrected chi connectivity index (χ4v) is 3.90. The summed E-state index contributed by atoms with van der Waals surface area (Å²) in [5.41, 5.74) is 14.1. The standard InChI is InChI=1S/C16H24Cl2N4.C9H9FO2.C2H6.CH3NO/c1-12(19)3-6-16-20-14-11-13(4-5-15(14)21(16)2)22(9-7-17)10-8-18;10-8-4-1-7(2-5-8)3-6-9(11)12;1-2;2-1-3/h4-5,11-12H,3,6-10,19H2,1-2H3;1-2,4-5H,3,6H2,(H,11,12);1-2H3;1H,(H2,2,3). The van der Waals surface area contributed by atoms with E-state index in [-0.39, 0.29) is 24.7 Å². The number of nitrogens with two attached hydrogens (primary N) is 2. The van der Waals surface area contributed by atoms with E-state index in [1.165, 1.54) is 12.1 Å². The molecule has 0 bridgehead atoms. The van der Waals surface area contributed by atoms with E-state index < -0.39 is 5.97 Å². The number of imidazole rings is 1. The van der Waals surface area contributed by atoms with Gasteiger partial charge in [-0.3, -0.25) is 9.59 Å². The summed E-state index contributed by atoms with van der Waals surface area (Å²) in [6.07, 6.45) is 2.63. The van der Waals surface area contributed by atoms with E-state index in [9.17, 15) is 9.18 Å². The number of hydrogen-bond donors (Lipinski definition) is 3. The molecule has 0 aliphatic carbocycles. The van der Waals surface area contributed by atoms with E-state index in [0.717, 1.165) is 54.0 Å². The topological polar surface area (TPSA) is 127 Å². The zero-order valence-electron chi connectivity index (χ0n) is 23.2. The Morgan fingerprint density at radius 1 is 1.13 bits per heavy atom. The highest BCUT2D eigenvalue weighted by Gasteiger charge is 2.12. The highest BCUT2D eigenvalue weighted by molar-refractivity contribution is 6.18. The molecule has 8 nitrogen and oxygen atoms in total. The van der Waals surface area contributed by atoms with E-state index >= 15 is 0 Å². The summed E-state index contributed by atoms with van der Waals surface area (Å²) in [7, 11) is 2.06.